The number of urea groups is 1. The zero-order chi connectivity index (χ0) is 15.6. The Balaban J connectivity index is 2.37. The van der Waals surface area contributed by atoms with E-state index in [9.17, 15) is 13.2 Å². The van der Waals surface area contributed by atoms with E-state index in [0.29, 0.717) is 18.7 Å². The first-order chi connectivity index (χ1) is 9.79. The van der Waals surface area contributed by atoms with Crippen molar-refractivity contribution in [1.82, 2.24) is 19.4 Å². The number of likely N-dealkylation sites (tertiary alicyclic amines) is 1. The van der Waals surface area contributed by atoms with Crippen LogP contribution in [-0.2, 0) is 17.3 Å². The maximum atomic E-state index is 12.4. The molecule has 1 aliphatic heterocycles. The van der Waals surface area contributed by atoms with Gasteiger partial charge < -0.3 is 10.6 Å². The molecule has 0 saturated carbocycles. The van der Waals surface area contributed by atoms with Gasteiger partial charge in [0.2, 0.25) is 0 Å². The Labute approximate surface area is 123 Å². The molecule has 1 unspecified atom stereocenters. The molecule has 0 bridgehead atoms. The Kier molecular flexibility index (Phi) is 4.37. The molecule has 10 heteroatoms. The van der Waals surface area contributed by atoms with Gasteiger partial charge in [-0.15, -0.1) is 0 Å². The van der Waals surface area contributed by atoms with E-state index in [-0.39, 0.29) is 6.04 Å². The highest BCUT2D eigenvalue weighted by molar-refractivity contribution is 7.91. The Morgan fingerprint density at radius 3 is 2.76 bits per heavy atom. The second-order valence-electron chi connectivity index (χ2n) is 5.20. The molecule has 0 spiro atoms. The summed E-state index contributed by atoms with van der Waals surface area (Å²) in [5, 5.41) is 4.00. The van der Waals surface area contributed by atoms with Crippen molar-refractivity contribution < 1.29 is 13.2 Å². The second kappa shape index (κ2) is 5.90. The normalized spacial score (nSPS) is 20.2. The number of anilines is 1. The van der Waals surface area contributed by atoms with Crippen LogP contribution in [0.15, 0.2) is 12.4 Å². The van der Waals surface area contributed by atoms with Crippen molar-refractivity contribution in [1.29, 1.82) is 0 Å². The molecule has 118 valence electrons. The summed E-state index contributed by atoms with van der Waals surface area (Å²) in [6.45, 7) is 1.50. The van der Waals surface area contributed by atoms with E-state index in [4.69, 9.17) is 5.73 Å². The lowest BCUT2D eigenvalue weighted by molar-refractivity contribution is 0.250. The summed E-state index contributed by atoms with van der Waals surface area (Å²) in [4.78, 5) is 13.0. The van der Waals surface area contributed by atoms with Gasteiger partial charge in [-0.05, 0) is 26.4 Å². The molecule has 1 atom stereocenters. The highest BCUT2D eigenvalue weighted by atomic mass is 32.2. The first kappa shape index (κ1) is 15.6. The quantitative estimate of drug-likeness (QED) is 0.757. The van der Waals surface area contributed by atoms with E-state index < -0.39 is 16.2 Å². The molecule has 2 rings (SSSR count). The van der Waals surface area contributed by atoms with Gasteiger partial charge in [0.05, 0.1) is 17.9 Å². The number of hydrogen-bond acceptors (Lipinski definition) is 5. The van der Waals surface area contributed by atoms with E-state index in [1.807, 2.05) is 11.8 Å². The number of nitrogens with one attached hydrogen (secondary N) is 1. The average molecular weight is 316 g/mol. The van der Waals surface area contributed by atoms with Crippen LogP contribution in [-0.4, -0.2) is 55.3 Å². The zero-order valence-corrected chi connectivity index (χ0v) is 12.9. The van der Waals surface area contributed by atoms with Gasteiger partial charge in [-0.3, -0.25) is 4.68 Å². The minimum Gasteiger partial charge on any atom is -0.351 e. The van der Waals surface area contributed by atoms with Gasteiger partial charge in [0.1, 0.15) is 0 Å². The van der Waals surface area contributed by atoms with Crippen LogP contribution in [0.4, 0.5) is 10.5 Å². The van der Waals surface area contributed by atoms with Crippen LogP contribution in [0.1, 0.15) is 12.8 Å². The summed E-state index contributed by atoms with van der Waals surface area (Å²) in [5.41, 5.74) is 5.38. The molecular formula is C11H20N6O3S. The molecule has 0 aromatic carbocycles. The van der Waals surface area contributed by atoms with E-state index in [1.165, 1.54) is 15.2 Å². The molecule has 0 aliphatic carbocycles. The first-order valence-corrected chi connectivity index (χ1v) is 8.02. The number of amides is 2. The second-order valence-corrected chi connectivity index (χ2v) is 6.75. The van der Waals surface area contributed by atoms with Crippen LogP contribution in [0.5, 0.6) is 0 Å². The Bertz CT molecular complexity index is 613. The largest absolute Gasteiger partial charge is 0.351 e. The van der Waals surface area contributed by atoms with Gasteiger partial charge in [0.25, 0.3) is 0 Å². The summed E-state index contributed by atoms with van der Waals surface area (Å²) in [7, 11) is -0.426. The molecule has 9 nitrogen and oxygen atoms in total. The summed E-state index contributed by atoms with van der Waals surface area (Å²) >= 11 is 0. The number of carbonyl (C=O) groups is 1. The fraction of sp³-hybridized carbons (Fsp3) is 0.636. The molecule has 1 fully saturated rings. The molecule has 21 heavy (non-hydrogen) atoms. The summed E-state index contributed by atoms with van der Waals surface area (Å²) in [6, 6.07) is -1.38. The lowest BCUT2D eigenvalue weighted by atomic mass is 10.1. The van der Waals surface area contributed by atoms with Crippen LogP contribution in [0.2, 0.25) is 0 Å². The van der Waals surface area contributed by atoms with Crippen molar-refractivity contribution in [2.75, 3.05) is 24.4 Å². The van der Waals surface area contributed by atoms with Crippen molar-refractivity contribution >= 4 is 21.9 Å². The summed E-state index contributed by atoms with van der Waals surface area (Å²) in [5.74, 6) is 0. The minimum absolute atomic E-state index is 0.273. The van der Waals surface area contributed by atoms with Crippen molar-refractivity contribution in [3.63, 3.8) is 0 Å². The third kappa shape index (κ3) is 3.64. The number of piperidine rings is 1. The van der Waals surface area contributed by atoms with Crippen molar-refractivity contribution in [3.05, 3.63) is 12.4 Å². The molecule has 3 N–H and O–H groups in total. The lowest BCUT2D eigenvalue weighted by Gasteiger charge is -2.37. The molecule has 1 saturated heterocycles. The summed E-state index contributed by atoms with van der Waals surface area (Å²) < 4.78 is 29.4. The molecule has 1 aromatic heterocycles. The van der Waals surface area contributed by atoms with Crippen molar-refractivity contribution in [2.45, 2.75) is 18.9 Å². The SMILES string of the molecule is CN1CCCC(N(c2cnn(C)c2)S(=O)(=O)NC(N)=O)C1. The van der Waals surface area contributed by atoms with Crippen LogP contribution in [0.25, 0.3) is 0 Å². The monoisotopic (exact) mass is 316 g/mol. The number of primary amides is 1. The third-order valence-corrected chi connectivity index (χ3v) is 4.85. The van der Waals surface area contributed by atoms with Crippen LogP contribution >= 0.6 is 0 Å². The topological polar surface area (TPSA) is 114 Å². The predicted octanol–water partition coefficient (Wildman–Crippen LogP) is -0.766. The van der Waals surface area contributed by atoms with Gasteiger partial charge in [-0.1, -0.05) is 0 Å². The number of rotatable bonds is 4. The number of nitrogens with two attached hydrogens (primary N) is 1. The molecule has 1 aliphatic rings. The van der Waals surface area contributed by atoms with Gasteiger partial charge in [0, 0.05) is 19.8 Å². The number of aryl methyl sites for hydroxylation is 1. The van der Waals surface area contributed by atoms with E-state index >= 15 is 0 Å². The fourth-order valence-electron chi connectivity index (χ4n) is 2.57. The highest BCUT2D eigenvalue weighted by Crippen LogP contribution is 2.24. The number of nitrogens with zero attached hydrogens (tertiary/aromatic N) is 4. The van der Waals surface area contributed by atoms with Crippen LogP contribution < -0.4 is 14.8 Å². The number of likely N-dealkylation sites (N-methyl/N-ethyl adjacent to an activating group) is 1. The smallest absolute Gasteiger partial charge is 0.327 e. The molecule has 2 amide bonds. The predicted molar refractivity (Wildman–Crippen MR) is 77.8 cm³/mol. The van der Waals surface area contributed by atoms with Gasteiger partial charge in [-0.2, -0.15) is 13.5 Å². The van der Waals surface area contributed by atoms with Gasteiger partial charge >= 0.3 is 16.2 Å². The molecule has 0 radical (unpaired) electrons. The Morgan fingerprint density at radius 1 is 1.52 bits per heavy atom. The average Bonchev–Trinajstić information content (AvgIpc) is 2.73. The maximum absolute atomic E-state index is 12.4. The highest BCUT2D eigenvalue weighted by Gasteiger charge is 2.34. The molecular weight excluding hydrogens is 296 g/mol. The minimum atomic E-state index is -4.06. The maximum Gasteiger partial charge on any atom is 0.327 e. The van der Waals surface area contributed by atoms with E-state index in [2.05, 4.69) is 10.00 Å². The first-order valence-electron chi connectivity index (χ1n) is 6.58. The molecule has 2 heterocycles. The fourth-order valence-corrected chi connectivity index (χ4v) is 3.86. The van der Waals surface area contributed by atoms with E-state index in [1.54, 1.807) is 13.2 Å². The summed E-state index contributed by atoms with van der Waals surface area (Å²) in [6.07, 6.45) is 4.63. The Hall–Kier alpha value is -1.81. The standard InChI is InChI=1S/C11H20N6O3S/c1-15-5-3-4-9(7-15)17(10-6-13-16(2)8-10)21(19,20)14-11(12)18/h6,8-9H,3-5,7H2,1-2H3,(H3,12,14,18). The van der Waals surface area contributed by atoms with E-state index in [0.717, 1.165) is 13.0 Å². The van der Waals surface area contributed by atoms with Crippen molar-refractivity contribution in [2.24, 2.45) is 12.8 Å². The lowest BCUT2D eigenvalue weighted by Crippen LogP contribution is -2.54. The van der Waals surface area contributed by atoms with Gasteiger partial charge in [-0.25, -0.2) is 13.8 Å². The number of hydrogen-bond donors (Lipinski definition) is 2. The van der Waals surface area contributed by atoms with Crippen molar-refractivity contribution in [3.8, 4) is 0 Å². The third-order valence-electron chi connectivity index (χ3n) is 3.37. The van der Waals surface area contributed by atoms with Crippen LogP contribution in [0.3, 0.4) is 0 Å². The van der Waals surface area contributed by atoms with Gasteiger partial charge in [0.15, 0.2) is 0 Å². The molecule has 1 aromatic rings. The number of carbonyl (C=O) groups excluding carboxylic acids is 1. The zero-order valence-electron chi connectivity index (χ0n) is 12.1. The van der Waals surface area contributed by atoms with Crippen LogP contribution in [0, 0.1) is 0 Å². The number of aromatic nitrogens is 2. The Morgan fingerprint density at radius 2 is 2.24 bits per heavy atom.